The number of carbonyl (C=O) groups excluding carboxylic acids is 3. The second-order valence-corrected chi connectivity index (χ2v) is 7.98. The standard InChI is InChI=1S/C21H31N3O5/c1-21(2,3)29-20(27)22-12-11-19(26)28-15-18(25)23-16-7-9-17(10-8-16)24-13-5-4-6-14-24/h7-10H,4-6,11-15H2,1-3H3,(H,22,27)(H,23,25). The van der Waals surface area contributed by atoms with Crippen LogP contribution in [0.2, 0.25) is 0 Å². The molecule has 1 aromatic rings. The molecule has 0 aromatic heterocycles. The topological polar surface area (TPSA) is 97.0 Å². The number of benzene rings is 1. The van der Waals surface area contributed by atoms with Gasteiger partial charge in [-0.3, -0.25) is 9.59 Å². The quantitative estimate of drug-likeness (QED) is 0.677. The Labute approximate surface area is 171 Å². The molecule has 0 radical (unpaired) electrons. The highest BCUT2D eigenvalue weighted by Crippen LogP contribution is 2.21. The van der Waals surface area contributed by atoms with Crippen molar-refractivity contribution in [3.05, 3.63) is 24.3 Å². The summed E-state index contributed by atoms with van der Waals surface area (Å²) in [7, 11) is 0. The number of carbonyl (C=O) groups is 3. The average molecular weight is 405 g/mol. The molecule has 1 aromatic carbocycles. The number of nitrogens with zero attached hydrogens (tertiary/aromatic N) is 1. The number of nitrogens with one attached hydrogen (secondary N) is 2. The highest BCUT2D eigenvalue weighted by atomic mass is 16.6. The SMILES string of the molecule is CC(C)(C)OC(=O)NCCC(=O)OCC(=O)Nc1ccc(N2CCCCC2)cc1. The Kier molecular flexibility index (Phi) is 8.30. The molecular weight excluding hydrogens is 374 g/mol. The lowest BCUT2D eigenvalue weighted by Crippen LogP contribution is -2.34. The molecule has 0 atom stereocenters. The van der Waals surface area contributed by atoms with E-state index in [1.54, 1.807) is 20.8 Å². The van der Waals surface area contributed by atoms with Crippen LogP contribution in [0.4, 0.5) is 16.2 Å². The van der Waals surface area contributed by atoms with E-state index in [-0.39, 0.29) is 19.6 Å². The second-order valence-electron chi connectivity index (χ2n) is 7.98. The summed E-state index contributed by atoms with van der Waals surface area (Å²) in [6.45, 7) is 7.07. The molecule has 0 spiro atoms. The van der Waals surface area contributed by atoms with Crippen LogP contribution in [0.5, 0.6) is 0 Å². The van der Waals surface area contributed by atoms with E-state index < -0.39 is 23.6 Å². The maximum absolute atomic E-state index is 12.0. The lowest BCUT2D eigenvalue weighted by molar-refractivity contribution is -0.147. The van der Waals surface area contributed by atoms with Gasteiger partial charge in [-0.15, -0.1) is 0 Å². The molecule has 1 aliphatic rings. The predicted octanol–water partition coefficient (Wildman–Crippen LogP) is 3.07. The van der Waals surface area contributed by atoms with Crippen LogP contribution in [0.3, 0.4) is 0 Å². The third-order valence-corrected chi connectivity index (χ3v) is 4.23. The van der Waals surface area contributed by atoms with Gasteiger partial charge in [0.25, 0.3) is 5.91 Å². The van der Waals surface area contributed by atoms with Crippen LogP contribution >= 0.6 is 0 Å². The zero-order valence-corrected chi connectivity index (χ0v) is 17.5. The molecule has 2 rings (SSSR count). The fraction of sp³-hybridized carbons (Fsp3) is 0.571. The summed E-state index contributed by atoms with van der Waals surface area (Å²) in [6, 6.07) is 7.65. The van der Waals surface area contributed by atoms with Crippen LogP contribution in [-0.2, 0) is 19.1 Å². The molecule has 1 fully saturated rings. The molecule has 0 bridgehead atoms. The van der Waals surface area contributed by atoms with E-state index >= 15 is 0 Å². The van der Waals surface area contributed by atoms with Gasteiger partial charge in [-0.1, -0.05) is 0 Å². The number of ether oxygens (including phenoxy) is 2. The van der Waals surface area contributed by atoms with Gasteiger partial charge in [-0.05, 0) is 64.3 Å². The van der Waals surface area contributed by atoms with Gasteiger partial charge in [0.15, 0.2) is 6.61 Å². The number of alkyl carbamates (subject to hydrolysis) is 1. The second kappa shape index (κ2) is 10.7. The van der Waals surface area contributed by atoms with Crippen molar-refractivity contribution in [1.29, 1.82) is 0 Å². The zero-order chi connectivity index (χ0) is 21.3. The number of hydrogen-bond donors (Lipinski definition) is 2. The van der Waals surface area contributed by atoms with Crippen molar-refractivity contribution in [2.75, 3.05) is 36.5 Å². The third kappa shape index (κ3) is 8.85. The van der Waals surface area contributed by atoms with Crippen molar-refractivity contribution >= 4 is 29.3 Å². The Morgan fingerprint density at radius 3 is 2.31 bits per heavy atom. The maximum atomic E-state index is 12.0. The summed E-state index contributed by atoms with van der Waals surface area (Å²) in [6.07, 6.45) is 3.04. The van der Waals surface area contributed by atoms with Gasteiger partial charge in [-0.2, -0.15) is 0 Å². The van der Waals surface area contributed by atoms with Crippen molar-refractivity contribution in [3.63, 3.8) is 0 Å². The van der Waals surface area contributed by atoms with Crippen LogP contribution in [0.15, 0.2) is 24.3 Å². The van der Waals surface area contributed by atoms with Crippen LogP contribution in [0.25, 0.3) is 0 Å². The third-order valence-electron chi connectivity index (χ3n) is 4.23. The number of amides is 2. The number of hydrogen-bond acceptors (Lipinski definition) is 6. The molecule has 2 amide bonds. The fourth-order valence-electron chi connectivity index (χ4n) is 2.90. The average Bonchev–Trinajstić information content (AvgIpc) is 2.66. The first-order chi connectivity index (χ1) is 13.7. The number of rotatable bonds is 7. The minimum Gasteiger partial charge on any atom is -0.456 e. The predicted molar refractivity (Wildman–Crippen MR) is 111 cm³/mol. The van der Waals surface area contributed by atoms with Gasteiger partial charge < -0.3 is 25.0 Å². The molecule has 160 valence electrons. The molecule has 2 N–H and O–H groups in total. The fourth-order valence-corrected chi connectivity index (χ4v) is 2.90. The first kappa shape index (κ1) is 22.5. The molecule has 0 saturated carbocycles. The molecular formula is C21H31N3O5. The molecule has 29 heavy (non-hydrogen) atoms. The van der Waals surface area contributed by atoms with Crippen molar-refractivity contribution in [2.24, 2.45) is 0 Å². The minimum atomic E-state index is -0.603. The van der Waals surface area contributed by atoms with Gasteiger partial charge in [0.2, 0.25) is 0 Å². The monoisotopic (exact) mass is 405 g/mol. The molecule has 1 saturated heterocycles. The summed E-state index contributed by atoms with van der Waals surface area (Å²) in [5, 5.41) is 5.17. The highest BCUT2D eigenvalue weighted by Gasteiger charge is 2.16. The zero-order valence-electron chi connectivity index (χ0n) is 17.5. The molecule has 8 heteroatoms. The number of piperidine rings is 1. The van der Waals surface area contributed by atoms with Crippen LogP contribution < -0.4 is 15.5 Å². The molecule has 1 aliphatic heterocycles. The van der Waals surface area contributed by atoms with E-state index in [0.717, 1.165) is 18.8 Å². The number of anilines is 2. The Morgan fingerprint density at radius 1 is 1.03 bits per heavy atom. The Balaban J connectivity index is 1.64. The molecule has 8 nitrogen and oxygen atoms in total. The Bertz CT molecular complexity index is 691. The van der Waals surface area contributed by atoms with Gasteiger partial charge >= 0.3 is 12.1 Å². The summed E-state index contributed by atoms with van der Waals surface area (Å²) in [5.41, 5.74) is 1.19. The van der Waals surface area contributed by atoms with Crippen LogP contribution in [0.1, 0.15) is 46.5 Å². The van der Waals surface area contributed by atoms with Crippen molar-refractivity contribution < 1.29 is 23.9 Å². The van der Waals surface area contributed by atoms with Gasteiger partial charge in [0, 0.05) is 31.0 Å². The van der Waals surface area contributed by atoms with Crippen molar-refractivity contribution in [2.45, 2.75) is 52.1 Å². The molecule has 0 aliphatic carbocycles. The van der Waals surface area contributed by atoms with Crippen LogP contribution in [-0.4, -0.2) is 49.8 Å². The summed E-state index contributed by atoms with van der Waals surface area (Å²) < 4.78 is 9.99. The lowest BCUT2D eigenvalue weighted by Gasteiger charge is -2.28. The van der Waals surface area contributed by atoms with Gasteiger partial charge in [-0.25, -0.2) is 4.79 Å². The van der Waals surface area contributed by atoms with E-state index in [4.69, 9.17) is 9.47 Å². The summed E-state index contributed by atoms with van der Waals surface area (Å²) in [5.74, 6) is -0.985. The minimum absolute atomic E-state index is 0.0446. The smallest absolute Gasteiger partial charge is 0.407 e. The van der Waals surface area contributed by atoms with E-state index in [1.807, 2.05) is 24.3 Å². The molecule has 1 heterocycles. The summed E-state index contributed by atoms with van der Waals surface area (Å²) >= 11 is 0. The van der Waals surface area contributed by atoms with Gasteiger partial charge in [0.05, 0.1) is 6.42 Å². The van der Waals surface area contributed by atoms with Crippen LogP contribution in [0, 0.1) is 0 Å². The normalized spacial score (nSPS) is 14.1. The van der Waals surface area contributed by atoms with E-state index in [1.165, 1.54) is 19.3 Å². The molecule has 0 unspecified atom stereocenters. The number of esters is 1. The largest absolute Gasteiger partial charge is 0.456 e. The van der Waals surface area contributed by atoms with E-state index in [2.05, 4.69) is 15.5 Å². The van der Waals surface area contributed by atoms with E-state index in [0.29, 0.717) is 5.69 Å². The first-order valence-corrected chi connectivity index (χ1v) is 10.0. The highest BCUT2D eigenvalue weighted by molar-refractivity contribution is 5.93. The van der Waals surface area contributed by atoms with Gasteiger partial charge in [0.1, 0.15) is 5.60 Å². The Morgan fingerprint density at radius 2 is 1.69 bits per heavy atom. The first-order valence-electron chi connectivity index (χ1n) is 10.0. The van der Waals surface area contributed by atoms with E-state index in [9.17, 15) is 14.4 Å². The lowest BCUT2D eigenvalue weighted by atomic mass is 10.1. The van der Waals surface area contributed by atoms with Crippen molar-refractivity contribution in [3.8, 4) is 0 Å². The summed E-state index contributed by atoms with van der Waals surface area (Å²) in [4.78, 5) is 37.5. The maximum Gasteiger partial charge on any atom is 0.407 e. The Hall–Kier alpha value is -2.77. The van der Waals surface area contributed by atoms with Crippen molar-refractivity contribution in [1.82, 2.24) is 5.32 Å².